The van der Waals surface area contributed by atoms with Gasteiger partial charge in [0.25, 0.3) is 5.56 Å². The maximum absolute atomic E-state index is 13.7. The number of aromatic amines is 1. The molecule has 4 aromatic rings. The standard InChI is InChI=1S/C24H27FN8O2/c25-17-8-4-5-10-19(17)35-14-6-11-26-21-16-7-2-1-3-9-18(16)29-24(30-21)28-15-20-31-32-22-23(34)27-12-13-33(20)22/h4-5,8,10,12-13H,1-3,6-7,9,11,14-15H2,(H,27,34)(H2,26,28,29,30). The Kier molecular flexibility index (Phi) is 6.82. The molecule has 0 saturated heterocycles. The van der Waals surface area contributed by atoms with Crippen LogP contribution in [-0.2, 0) is 19.4 Å². The molecule has 5 rings (SSSR count). The lowest BCUT2D eigenvalue weighted by Gasteiger charge is -2.15. The molecule has 3 N–H and O–H groups in total. The van der Waals surface area contributed by atoms with Gasteiger partial charge in [0, 0.05) is 24.5 Å². The molecule has 1 aliphatic carbocycles. The lowest BCUT2D eigenvalue weighted by Crippen LogP contribution is -2.15. The van der Waals surface area contributed by atoms with Crippen LogP contribution < -0.4 is 20.9 Å². The maximum Gasteiger partial charge on any atom is 0.293 e. The summed E-state index contributed by atoms with van der Waals surface area (Å²) in [6.45, 7) is 1.35. The highest BCUT2D eigenvalue weighted by Crippen LogP contribution is 2.26. The van der Waals surface area contributed by atoms with Crippen LogP contribution in [0.4, 0.5) is 16.2 Å². The van der Waals surface area contributed by atoms with Crippen molar-refractivity contribution in [2.75, 3.05) is 23.8 Å². The number of nitrogens with one attached hydrogen (secondary N) is 3. The van der Waals surface area contributed by atoms with Gasteiger partial charge in [-0.05, 0) is 44.2 Å². The Morgan fingerprint density at radius 3 is 2.89 bits per heavy atom. The van der Waals surface area contributed by atoms with Gasteiger partial charge in [0.15, 0.2) is 17.4 Å². The first-order valence-corrected chi connectivity index (χ1v) is 11.9. The Morgan fingerprint density at radius 1 is 1.09 bits per heavy atom. The van der Waals surface area contributed by atoms with Gasteiger partial charge in [0.1, 0.15) is 5.82 Å². The minimum absolute atomic E-state index is 0.243. The fourth-order valence-electron chi connectivity index (χ4n) is 4.18. The molecule has 11 heteroatoms. The zero-order valence-electron chi connectivity index (χ0n) is 19.3. The highest BCUT2D eigenvalue weighted by Gasteiger charge is 2.17. The number of halogens is 1. The second-order valence-electron chi connectivity index (χ2n) is 8.39. The molecule has 3 aromatic heterocycles. The monoisotopic (exact) mass is 478 g/mol. The van der Waals surface area contributed by atoms with Crippen LogP contribution >= 0.6 is 0 Å². The van der Waals surface area contributed by atoms with Gasteiger partial charge in [-0.2, -0.15) is 4.98 Å². The molecule has 1 aliphatic rings. The fourth-order valence-corrected chi connectivity index (χ4v) is 4.18. The molecular formula is C24H27FN8O2. The molecule has 182 valence electrons. The van der Waals surface area contributed by atoms with E-state index in [0.29, 0.717) is 37.9 Å². The van der Waals surface area contributed by atoms with E-state index in [0.717, 1.165) is 49.2 Å². The number of hydrogen-bond donors (Lipinski definition) is 3. The Bertz CT molecular complexity index is 1370. The molecule has 1 aromatic carbocycles. The number of anilines is 2. The zero-order chi connectivity index (χ0) is 24.0. The van der Waals surface area contributed by atoms with E-state index in [9.17, 15) is 9.18 Å². The molecule has 0 spiro atoms. The summed E-state index contributed by atoms with van der Waals surface area (Å²) in [5, 5.41) is 14.7. The predicted octanol–water partition coefficient (Wildman–Crippen LogP) is 3.11. The molecule has 0 unspecified atom stereocenters. The summed E-state index contributed by atoms with van der Waals surface area (Å²) in [6.07, 6.45) is 9.15. The van der Waals surface area contributed by atoms with E-state index in [2.05, 4.69) is 25.8 Å². The van der Waals surface area contributed by atoms with E-state index in [4.69, 9.17) is 14.7 Å². The van der Waals surface area contributed by atoms with E-state index in [1.165, 1.54) is 6.07 Å². The van der Waals surface area contributed by atoms with E-state index < -0.39 is 0 Å². The minimum atomic E-state index is -0.359. The summed E-state index contributed by atoms with van der Waals surface area (Å²) in [4.78, 5) is 24.0. The first kappa shape index (κ1) is 22.8. The van der Waals surface area contributed by atoms with Crippen molar-refractivity contribution < 1.29 is 9.13 Å². The van der Waals surface area contributed by atoms with Gasteiger partial charge in [-0.3, -0.25) is 9.20 Å². The number of aromatic nitrogens is 6. The van der Waals surface area contributed by atoms with Crippen LogP contribution in [0, 0.1) is 5.82 Å². The largest absolute Gasteiger partial charge is 0.490 e. The van der Waals surface area contributed by atoms with Crippen molar-refractivity contribution in [2.45, 2.75) is 45.1 Å². The molecule has 0 atom stereocenters. The number of rotatable bonds is 9. The number of fused-ring (bicyclic) bond motifs is 2. The maximum atomic E-state index is 13.7. The highest BCUT2D eigenvalue weighted by molar-refractivity contribution is 5.51. The Labute approximate surface area is 201 Å². The van der Waals surface area contributed by atoms with Crippen LogP contribution in [0.3, 0.4) is 0 Å². The summed E-state index contributed by atoms with van der Waals surface area (Å²) < 4.78 is 20.9. The lowest BCUT2D eigenvalue weighted by atomic mass is 10.1. The zero-order valence-corrected chi connectivity index (χ0v) is 19.3. The fraction of sp³-hybridized carbons (Fsp3) is 0.375. The first-order chi connectivity index (χ1) is 17.2. The normalized spacial score (nSPS) is 13.3. The van der Waals surface area contributed by atoms with Crippen molar-refractivity contribution in [1.29, 1.82) is 0 Å². The first-order valence-electron chi connectivity index (χ1n) is 11.9. The van der Waals surface area contributed by atoms with Crippen LogP contribution in [0.1, 0.15) is 42.8 Å². The molecule has 10 nitrogen and oxygen atoms in total. The molecular weight excluding hydrogens is 451 g/mol. The van der Waals surface area contributed by atoms with Crippen LogP contribution in [-0.4, -0.2) is 42.7 Å². The van der Waals surface area contributed by atoms with Gasteiger partial charge in [-0.25, -0.2) is 9.37 Å². The Balaban J connectivity index is 1.26. The molecule has 0 fully saturated rings. The van der Waals surface area contributed by atoms with E-state index >= 15 is 0 Å². The molecule has 0 bridgehead atoms. The number of H-pyrrole nitrogens is 1. The third-order valence-corrected chi connectivity index (χ3v) is 5.95. The third-order valence-electron chi connectivity index (χ3n) is 5.95. The van der Waals surface area contributed by atoms with Crippen molar-refractivity contribution in [3.05, 3.63) is 69.9 Å². The van der Waals surface area contributed by atoms with Gasteiger partial charge >= 0.3 is 0 Å². The van der Waals surface area contributed by atoms with E-state index in [-0.39, 0.29) is 22.8 Å². The molecule has 3 heterocycles. The molecule has 0 amide bonds. The van der Waals surface area contributed by atoms with Gasteiger partial charge < -0.3 is 20.4 Å². The summed E-state index contributed by atoms with van der Waals surface area (Å²) in [5.74, 6) is 1.80. The topological polar surface area (TPSA) is 122 Å². The van der Waals surface area contributed by atoms with Crippen molar-refractivity contribution in [3.8, 4) is 5.75 Å². The van der Waals surface area contributed by atoms with Crippen LogP contribution in [0.15, 0.2) is 41.5 Å². The van der Waals surface area contributed by atoms with Crippen molar-refractivity contribution in [2.24, 2.45) is 0 Å². The Morgan fingerprint density at radius 2 is 1.97 bits per heavy atom. The molecule has 0 radical (unpaired) electrons. The lowest BCUT2D eigenvalue weighted by molar-refractivity contribution is 0.299. The molecule has 0 aliphatic heterocycles. The number of ether oxygens (including phenoxy) is 1. The summed E-state index contributed by atoms with van der Waals surface area (Å²) in [5.41, 5.74) is 2.15. The summed E-state index contributed by atoms with van der Waals surface area (Å²) in [6, 6.07) is 6.40. The van der Waals surface area contributed by atoms with Crippen molar-refractivity contribution in [1.82, 2.24) is 29.5 Å². The smallest absolute Gasteiger partial charge is 0.293 e. The molecule has 35 heavy (non-hydrogen) atoms. The van der Waals surface area contributed by atoms with Crippen LogP contribution in [0.2, 0.25) is 0 Å². The van der Waals surface area contributed by atoms with E-state index in [1.807, 2.05) is 0 Å². The number of hydrogen-bond acceptors (Lipinski definition) is 8. The number of aryl methyl sites for hydroxylation is 1. The van der Waals surface area contributed by atoms with Crippen LogP contribution in [0.25, 0.3) is 5.65 Å². The number of para-hydroxylation sites is 1. The average Bonchev–Trinajstić information content (AvgIpc) is 3.13. The van der Waals surface area contributed by atoms with Gasteiger partial charge in [0.2, 0.25) is 11.6 Å². The predicted molar refractivity (Wildman–Crippen MR) is 129 cm³/mol. The Hall–Kier alpha value is -4.02. The number of nitrogens with zero attached hydrogens (tertiary/aromatic N) is 5. The van der Waals surface area contributed by atoms with Gasteiger partial charge in [0.05, 0.1) is 18.8 Å². The summed E-state index contributed by atoms with van der Waals surface area (Å²) in [7, 11) is 0. The minimum Gasteiger partial charge on any atom is -0.490 e. The highest BCUT2D eigenvalue weighted by atomic mass is 19.1. The number of benzene rings is 1. The third kappa shape index (κ3) is 5.23. The average molecular weight is 479 g/mol. The van der Waals surface area contributed by atoms with Gasteiger partial charge in [-0.1, -0.05) is 18.6 Å². The van der Waals surface area contributed by atoms with E-state index in [1.54, 1.807) is 35.0 Å². The quantitative estimate of drug-likeness (QED) is 0.248. The second kappa shape index (κ2) is 10.5. The SMILES string of the molecule is O=c1[nH]ccn2c(CNc3nc4c(c(NCCCOc5ccccc5F)n3)CCCCC4)nnc12. The summed E-state index contributed by atoms with van der Waals surface area (Å²) >= 11 is 0. The van der Waals surface area contributed by atoms with Crippen molar-refractivity contribution >= 4 is 17.4 Å². The van der Waals surface area contributed by atoms with Crippen LogP contribution in [0.5, 0.6) is 5.75 Å². The second-order valence-corrected chi connectivity index (χ2v) is 8.39. The molecule has 0 saturated carbocycles. The van der Waals surface area contributed by atoms with Gasteiger partial charge in [-0.15, -0.1) is 10.2 Å². The van der Waals surface area contributed by atoms with Crippen molar-refractivity contribution in [3.63, 3.8) is 0 Å².